The summed E-state index contributed by atoms with van der Waals surface area (Å²) in [6, 6.07) is 19.2. The molecule has 6 heteroatoms. The average molecular weight is 429 g/mol. The highest BCUT2D eigenvalue weighted by atomic mass is 32.2. The van der Waals surface area contributed by atoms with E-state index in [1.165, 1.54) is 5.19 Å². The average Bonchev–Trinajstić information content (AvgIpc) is 2.71. The van der Waals surface area contributed by atoms with Gasteiger partial charge in [0.15, 0.2) is 0 Å². The molecular formula is C23H28O4SSi. The number of rotatable bonds is 8. The van der Waals surface area contributed by atoms with Gasteiger partial charge < -0.3 is 4.74 Å². The Labute approximate surface area is 175 Å². The van der Waals surface area contributed by atoms with E-state index in [4.69, 9.17) is 4.74 Å². The molecule has 0 amide bonds. The van der Waals surface area contributed by atoms with Crippen LogP contribution in [0.4, 0.5) is 0 Å². The van der Waals surface area contributed by atoms with Crippen molar-refractivity contribution in [2.24, 2.45) is 5.92 Å². The second kappa shape index (κ2) is 10.4. The maximum atomic E-state index is 12.6. The predicted molar refractivity (Wildman–Crippen MR) is 119 cm³/mol. The van der Waals surface area contributed by atoms with Crippen LogP contribution in [0.1, 0.15) is 19.8 Å². The third-order valence-corrected chi connectivity index (χ3v) is 9.45. The molecule has 2 aromatic rings. The smallest absolute Gasteiger partial charge is 0.305 e. The Balaban J connectivity index is 2.25. The molecule has 0 bridgehead atoms. The second-order valence-corrected chi connectivity index (χ2v) is 14.0. The molecule has 0 radical (unpaired) electrons. The van der Waals surface area contributed by atoms with E-state index in [9.17, 15) is 13.2 Å². The fourth-order valence-corrected chi connectivity index (χ4v) is 7.02. The first-order valence-corrected chi connectivity index (χ1v) is 14.5. The van der Waals surface area contributed by atoms with E-state index in [0.29, 0.717) is 13.0 Å². The Hall–Kier alpha value is -2.36. The maximum absolute atomic E-state index is 12.6. The Kier molecular flexibility index (Phi) is 8.24. The monoisotopic (exact) mass is 428 g/mol. The van der Waals surface area contributed by atoms with Crippen molar-refractivity contribution in [1.29, 1.82) is 0 Å². The highest BCUT2D eigenvalue weighted by Crippen LogP contribution is 2.22. The van der Waals surface area contributed by atoms with Gasteiger partial charge in [0.05, 0.1) is 19.6 Å². The van der Waals surface area contributed by atoms with Crippen LogP contribution in [0.25, 0.3) is 0 Å². The molecule has 2 rings (SSSR count). The van der Waals surface area contributed by atoms with Crippen molar-refractivity contribution in [2.75, 3.05) is 6.61 Å². The Bertz CT molecular complexity index is 958. The summed E-state index contributed by atoms with van der Waals surface area (Å²) >= 11 is 0. The number of carbonyl (C=O) groups is 1. The second-order valence-electron chi connectivity index (χ2n) is 7.56. The molecule has 0 heterocycles. The van der Waals surface area contributed by atoms with Gasteiger partial charge in [0, 0.05) is 17.6 Å². The molecule has 154 valence electrons. The molecule has 0 aliphatic heterocycles. The lowest BCUT2D eigenvalue weighted by Gasteiger charge is -2.26. The fourth-order valence-electron chi connectivity index (χ4n) is 3.19. The minimum atomic E-state index is -3.69. The summed E-state index contributed by atoms with van der Waals surface area (Å²) in [6.45, 7) is 6.59. The van der Waals surface area contributed by atoms with Crippen LogP contribution in [0, 0.1) is 17.1 Å². The number of esters is 1. The van der Waals surface area contributed by atoms with Crippen molar-refractivity contribution in [3.05, 3.63) is 60.7 Å². The zero-order chi connectivity index (χ0) is 21.3. The van der Waals surface area contributed by atoms with Crippen LogP contribution >= 0.6 is 0 Å². The molecule has 1 unspecified atom stereocenters. The molecule has 0 aromatic heterocycles. The van der Waals surface area contributed by atoms with Crippen LogP contribution in [-0.4, -0.2) is 29.1 Å². The third kappa shape index (κ3) is 7.19. The molecule has 0 fully saturated rings. The number of carbonyl (C=O) groups excluding carboxylic acids is 1. The maximum Gasteiger partial charge on any atom is 0.305 e. The molecule has 0 spiro atoms. The summed E-state index contributed by atoms with van der Waals surface area (Å²) in [4.78, 5) is 12.0. The van der Waals surface area contributed by atoms with Gasteiger partial charge in [-0.15, -0.1) is 0 Å². The van der Waals surface area contributed by atoms with Crippen LogP contribution in [0.15, 0.2) is 65.6 Å². The van der Waals surface area contributed by atoms with Crippen LogP contribution in [0.5, 0.6) is 0 Å². The Morgan fingerprint density at radius 2 is 1.62 bits per heavy atom. The zero-order valence-electron chi connectivity index (χ0n) is 17.2. The van der Waals surface area contributed by atoms with Gasteiger partial charge in [0.2, 0.25) is 9.84 Å². The summed E-state index contributed by atoms with van der Waals surface area (Å²) in [6.07, 6.45) is 0.719. The lowest BCUT2D eigenvalue weighted by atomic mass is 10.1. The number of benzene rings is 2. The molecule has 29 heavy (non-hydrogen) atoms. The molecule has 1 atom stereocenters. The van der Waals surface area contributed by atoms with E-state index < -0.39 is 17.9 Å². The molecular weight excluding hydrogens is 400 g/mol. The minimum Gasteiger partial charge on any atom is -0.466 e. The van der Waals surface area contributed by atoms with Gasteiger partial charge in [-0.2, -0.15) is 0 Å². The van der Waals surface area contributed by atoms with E-state index in [0.717, 1.165) is 6.04 Å². The quantitative estimate of drug-likeness (QED) is 0.276. The first-order valence-electron chi connectivity index (χ1n) is 9.78. The number of hydrogen-bond acceptors (Lipinski definition) is 4. The summed E-state index contributed by atoms with van der Waals surface area (Å²) < 4.78 is 30.1. The molecule has 0 aliphatic carbocycles. The van der Waals surface area contributed by atoms with Gasteiger partial charge in [0.1, 0.15) is 0 Å². The lowest BCUT2D eigenvalue weighted by molar-refractivity contribution is -0.143. The van der Waals surface area contributed by atoms with Crippen LogP contribution in [0.3, 0.4) is 0 Å². The summed E-state index contributed by atoms with van der Waals surface area (Å²) in [5.41, 5.74) is 0. The SMILES string of the molecule is CCOC(=O)CCC(C#CS(=O)(=O)c1ccccc1)C[Si](C)(C)c1ccccc1. The first kappa shape index (κ1) is 22.9. The van der Waals surface area contributed by atoms with Gasteiger partial charge in [0.25, 0.3) is 0 Å². The van der Waals surface area contributed by atoms with E-state index >= 15 is 0 Å². The number of sulfone groups is 1. The summed E-state index contributed by atoms with van der Waals surface area (Å²) in [5, 5.41) is 3.78. The highest BCUT2D eigenvalue weighted by molar-refractivity contribution is 7.96. The van der Waals surface area contributed by atoms with Gasteiger partial charge in [-0.05, 0) is 31.5 Å². The Morgan fingerprint density at radius 3 is 2.21 bits per heavy atom. The molecule has 0 saturated carbocycles. The van der Waals surface area contributed by atoms with Gasteiger partial charge in [-0.25, -0.2) is 8.42 Å². The molecule has 2 aromatic carbocycles. The largest absolute Gasteiger partial charge is 0.466 e. The Morgan fingerprint density at radius 1 is 1.03 bits per heavy atom. The standard InChI is InChI=1S/C23H28O4SSi/c1-4-27-23(24)16-15-20(19-29(2,3)22-13-9-6-10-14-22)17-18-28(25,26)21-11-7-5-8-12-21/h5-14,20H,4,15-16,19H2,1-3H3. The van der Waals surface area contributed by atoms with Crippen molar-refractivity contribution in [1.82, 2.24) is 0 Å². The van der Waals surface area contributed by atoms with Gasteiger partial charge in [-0.1, -0.05) is 72.7 Å². The predicted octanol–water partition coefficient (Wildman–Crippen LogP) is 4.00. The van der Waals surface area contributed by atoms with E-state index in [-0.39, 0.29) is 23.2 Å². The van der Waals surface area contributed by atoms with E-state index in [1.807, 2.05) is 18.2 Å². The topological polar surface area (TPSA) is 60.4 Å². The van der Waals surface area contributed by atoms with Crippen molar-refractivity contribution >= 4 is 29.1 Å². The minimum absolute atomic E-state index is 0.191. The van der Waals surface area contributed by atoms with E-state index in [2.05, 4.69) is 36.4 Å². The van der Waals surface area contributed by atoms with Crippen LogP contribution in [-0.2, 0) is 19.4 Å². The van der Waals surface area contributed by atoms with Gasteiger partial charge >= 0.3 is 5.97 Å². The number of ether oxygens (including phenoxy) is 1. The number of hydrogen-bond donors (Lipinski definition) is 0. The van der Waals surface area contributed by atoms with Crippen molar-refractivity contribution in [3.8, 4) is 11.2 Å². The molecule has 0 aliphatic rings. The molecule has 4 nitrogen and oxygen atoms in total. The van der Waals surface area contributed by atoms with Crippen molar-refractivity contribution in [2.45, 2.75) is 43.8 Å². The fraction of sp³-hybridized carbons (Fsp3) is 0.348. The first-order chi connectivity index (χ1) is 13.7. The normalized spacial score (nSPS) is 12.5. The van der Waals surface area contributed by atoms with Crippen LogP contribution in [0.2, 0.25) is 19.1 Å². The summed E-state index contributed by atoms with van der Waals surface area (Å²) in [7, 11) is -5.54. The lowest BCUT2D eigenvalue weighted by Crippen LogP contribution is -2.42. The van der Waals surface area contributed by atoms with Gasteiger partial charge in [-0.3, -0.25) is 4.79 Å². The highest BCUT2D eigenvalue weighted by Gasteiger charge is 2.27. The summed E-state index contributed by atoms with van der Waals surface area (Å²) in [5.74, 6) is 2.50. The zero-order valence-corrected chi connectivity index (χ0v) is 19.0. The molecule has 0 N–H and O–H groups in total. The van der Waals surface area contributed by atoms with E-state index in [1.54, 1.807) is 37.3 Å². The van der Waals surface area contributed by atoms with Crippen LogP contribution < -0.4 is 5.19 Å². The molecule has 0 saturated heterocycles. The van der Waals surface area contributed by atoms with Crippen molar-refractivity contribution < 1.29 is 17.9 Å². The van der Waals surface area contributed by atoms with Crippen molar-refractivity contribution in [3.63, 3.8) is 0 Å². The third-order valence-electron chi connectivity index (χ3n) is 4.77.